The van der Waals surface area contributed by atoms with E-state index in [-0.39, 0.29) is 11.2 Å². The van der Waals surface area contributed by atoms with Gasteiger partial charge in [0.2, 0.25) is 0 Å². The van der Waals surface area contributed by atoms with Crippen LogP contribution in [0.4, 0.5) is 4.39 Å². The zero-order valence-electron chi connectivity index (χ0n) is 9.02. The molecule has 0 aliphatic heterocycles. The number of rotatable bonds is 3. The minimum Gasteiger partial charge on any atom is -0.326 e. The minimum absolute atomic E-state index is 0.130. The molecular weight excluding hydrogens is 189 g/mol. The molecule has 1 saturated carbocycles. The van der Waals surface area contributed by atoms with Crippen LogP contribution >= 0.6 is 0 Å². The lowest BCUT2D eigenvalue weighted by atomic mass is 9.92. The normalized spacial score (nSPS) is 17.5. The topological polar surface area (TPSA) is 26.0 Å². The van der Waals surface area contributed by atoms with Crippen molar-refractivity contribution in [3.63, 3.8) is 0 Å². The Kier molecular flexibility index (Phi) is 2.39. The molecule has 0 amide bonds. The van der Waals surface area contributed by atoms with E-state index in [1.165, 1.54) is 6.07 Å². The maximum Gasteiger partial charge on any atom is 0.131 e. The fourth-order valence-corrected chi connectivity index (χ4v) is 1.74. The van der Waals surface area contributed by atoms with Crippen molar-refractivity contribution in [2.45, 2.75) is 26.3 Å². The molecule has 15 heavy (non-hydrogen) atoms. The molecule has 0 radical (unpaired) electrons. The van der Waals surface area contributed by atoms with Gasteiger partial charge >= 0.3 is 0 Å². The zero-order chi connectivity index (χ0) is 11.1. The highest BCUT2D eigenvalue weighted by Gasteiger charge is 2.41. The molecule has 0 unspecified atom stereocenters. The lowest BCUT2D eigenvalue weighted by Gasteiger charge is -2.14. The summed E-state index contributed by atoms with van der Waals surface area (Å²) in [5.41, 5.74) is 7.97. The predicted molar refractivity (Wildman–Crippen MR) is 60.7 cm³/mol. The number of hydrogen-bond donors (Lipinski definition) is 1. The first-order valence-corrected chi connectivity index (χ1v) is 5.25. The Labute approximate surface area is 89.8 Å². The second kappa shape index (κ2) is 3.46. The van der Waals surface area contributed by atoms with Gasteiger partial charge in [-0.1, -0.05) is 25.6 Å². The minimum atomic E-state index is -0.198. The van der Waals surface area contributed by atoms with E-state index in [1.54, 1.807) is 6.07 Å². The van der Waals surface area contributed by atoms with Crippen molar-refractivity contribution < 1.29 is 4.39 Å². The number of halogens is 1. The molecule has 1 aliphatic rings. The molecule has 0 heterocycles. The zero-order valence-corrected chi connectivity index (χ0v) is 9.02. The van der Waals surface area contributed by atoms with Crippen molar-refractivity contribution in [2.24, 2.45) is 11.1 Å². The predicted octanol–water partition coefficient (Wildman–Crippen LogP) is 3.10. The molecule has 0 saturated heterocycles. The van der Waals surface area contributed by atoms with Crippen LogP contribution in [0.25, 0.3) is 5.57 Å². The van der Waals surface area contributed by atoms with Crippen molar-refractivity contribution in [1.82, 2.24) is 0 Å². The van der Waals surface area contributed by atoms with Gasteiger partial charge in [0.1, 0.15) is 5.82 Å². The summed E-state index contributed by atoms with van der Waals surface area (Å²) in [7, 11) is 0. The second-order valence-electron chi connectivity index (χ2n) is 4.56. The van der Waals surface area contributed by atoms with Gasteiger partial charge in [-0.25, -0.2) is 4.39 Å². The summed E-state index contributed by atoms with van der Waals surface area (Å²) in [5, 5.41) is 0. The van der Waals surface area contributed by atoms with Crippen molar-refractivity contribution >= 4 is 5.57 Å². The fraction of sp³-hybridized carbons (Fsp3) is 0.385. The number of allylic oxidation sites excluding steroid dienone is 1. The second-order valence-corrected chi connectivity index (χ2v) is 4.56. The van der Waals surface area contributed by atoms with Crippen molar-refractivity contribution in [1.29, 1.82) is 0 Å². The Bertz CT molecular complexity index is 405. The Morgan fingerprint density at radius 1 is 1.53 bits per heavy atom. The molecule has 0 spiro atoms. The van der Waals surface area contributed by atoms with E-state index in [0.29, 0.717) is 12.1 Å². The van der Waals surface area contributed by atoms with Gasteiger partial charge in [-0.05, 0) is 35.5 Å². The fourth-order valence-electron chi connectivity index (χ4n) is 1.74. The van der Waals surface area contributed by atoms with E-state index >= 15 is 0 Å². The van der Waals surface area contributed by atoms with E-state index in [0.717, 1.165) is 24.0 Å². The van der Waals surface area contributed by atoms with Crippen LogP contribution in [0.2, 0.25) is 0 Å². The highest BCUT2D eigenvalue weighted by Crippen LogP contribution is 2.54. The maximum atomic E-state index is 13.7. The summed E-state index contributed by atoms with van der Waals surface area (Å²) < 4.78 is 13.7. The SMILES string of the molecule is C=C(c1ccc(CN)cc1F)C1(C)CC1. The number of benzene rings is 1. The van der Waals surface area contributed by atoms with Gasteiger partial charge < -0.3 is 5.73 Å². The standard InChI is InChI=1S/C13H16FN/c1-9(13(2)5-6-13)11-4-3-10(8-15)7-12(11)14/h3-4,7H,1,5-6,8,15H2,2H3. The van der Waals surface area contributed by atoms with E-state index in [9.17, 15) is 4.39 Å². The molecule has 0 bridgehead atoms. The van der Waals surface area contributed by atoms with Crippen molar-refractivity contribution in [2.75, 3.05) is 0 Å². The quantitative estimate of drug-likeness (QED) is 0.806. The highest BCUT2D eigenvalue weighted by molar-refractivity contribution is 5.70. The molecule has 0 aromatic heterocycles. The van der Waals surface area contributed by atoms with Crippen LogP contribution in [0.15, 0.2) is 24.8 Å². The summed E-state index contributed by atoms with van der Waals surface area (Å²) in [4.78, 5) is 0. The van der Waals surface area contributed by atoms with Crippen LogP contribution in [0.1, 0.15) is 30.9 Å². The molecular formula is C13H16FN. The van der Waals surface area contributed by atoms with Gasteiger partial charge in [0.05, 0.1) is 0 Å². The number of nitrogens with two attached hydrogens (primary N) is 1. The van der Waals surface area contributed by atoms with E-state index in [2.05, 4.69) is 13.5 Å². The lowest BCUT2D eigenvalue weighted by Crippen LogP contribution is -2.02. The summed E-state index contributed by atoms with van der Waals surface area (Å²) in [6.45, 7) is 6.51. The van der Waals surface area contributed by atoms with Gasteiger partial charge in [-0.15, -0.1) is 0 Å². The van der Waals surface area contributed by atoms with Crippen molar-refractivity contribution in [3.05, 3.63) is 41.7 Å². The van der Waals surface area contributed by atoms with Gasteiger partial charge in [-0.3, -0.25) is 0 Å². The Morgan fingerprint density at radius 3 is 2.67 bits per heavy atom. The Hall–Kier alpha value is -1.15. The molecule has 2 heteroatoms. The largest absolute Gasteiger partial charge is 0.326 e. The van der Waals surface area contributed by atoms with Crippen LogP contribution in [0.5, 0.6) is 0 Å². The van der Waals surface area contributed by atoms with Gasteiger partial charge in [0.25, 0.3) is 0 Å². The first-order chi connectivity index (χ1) is 7.07. The Morgan fingerprint density at radius 2 is 2.20 bits per heavy atom. The third-order valence-corrected chi connectivity index (χ3v) is 3.32. The first-order valence-electron chi connectivity index (χ1n) is 5.25. The molecule has 1 aromatic carbocycles. The molecule has 2 N–H and O–H groups in total. The molecule has 2 rings (SSSR count). The van der Waals surface area contributed by atoms with Gasteiger partial charge in [0.15, 0.2) is 0 Å². The van der Waals surface area contributed by atoms with Crippen LogP contribution in [-0.2, 0) is 6.54 Å². The summed E-state index contributed by atoms with van der Waals surface area (Å²) in [5.74, 6) is -0.198. The third kappa shape index (κ3) is 1.82. The molecule has 1 fully saturated rings. The van der Waals surface area contributed by atoms with Crippen LogP contribution in [-0.4, -0.2) is 0 Å². The van der Waals surface area contributed by atoms with E-state index in [4.69, 9.17) is 5.73 Å². The molecule has 0 atom stereocenters. The van der Waals surface area contributed by atoms with Crippen LogP contribution in [0, 0.1) is 11.2 Å². The highest BCUT2D eigenvalue weighted by atomic mass is 19.1. The molecule has 80 valence electrons. The average Bonchev–Trinajstić information content (AvgIpc) is 2.96. The monoisotopic (exact) mass is 205 g/mol. The van der Waals surface area contributed by atoms with E-state index in [1.807, 2.05) is 6.07 Å². The van der Waals surface area contributed by atoms with Crippen molar-refractivity contribution in [3.8, 4) is 0 Å². The third-order valence-electron chi connectivity index (χ3n) is 3.32. The van der Waals surface area contributed by atoms with Gasteiger partial charge in [0, 0.05) is 12.1 Å². The van der Waals surface area contributed by atoms with Crippen LogP contribution < -0.4 is 5.73 Å². The summed E-state index contributed by atoms with van der Waals surface area (Å²) in [6, 6.07) is 5.17. The number of hydrogen-bond acceptors (Lipinski definition) is 1. The van der Waals surface area contributed by atoms with Gasteiger partial charge in [-0.2, -0.15) is 0 Å². The first kappa shape index (κ1) is 10.4. The molecule has 1 aromatic rings. The van der Waals surface area contributed by atoms with Crippen LogP contribution in [0.3, 0.4) is 0 Å². The van der Waals surface area contributed by atoms with E-state index < -0.39 is 0 Å². The Balaban J connectivity index is 2.33. The average molecular weight is 205 g/mol. The maximum absolute atomic E-state index is 13.7. The summed E-state index contributed by atoms with van der Waals surface area (Å²) in [6.07, 6.45) is 2.23. The summed E-state index contributed by atoms with van der Waals surface area (Å²) >= 11 is 0. The lowest BCUT2D eigenvalue weighted by molar-refractivity contribution is 0.616. The smallest absolute Gasteiger partial charge is 0.131 e. The molecule has 1 nitrogen and oxygen atoms in total. The molecule has 1 aliphatic carbocycles.